The molecule has 0 radical (unpaired) electrons. The zero-order valence-electron chi connectivity index (χ0n) is 9.08. The Bertz CT molecular complexity index is 527. The number of aromatic carboxylic acids is 1. The summed E-state index contributed by atoms with van der Waals surface area (Å²) in [6, 6.07) is 2.53. The summed E-state index contributed by atoms with van der Waals surface area (Å²) >= 11 is 0. The van der Waals surface area contributed by atoms with Crippen molar-refractivity contribution < 1.29 is 26.9 Å². The molecule has 17 heavy (non-hydrogen) atoms. The summed E-state index contributed by atoms with van der Waals surface area (Å²) in [5, 5.41) is 8.64. The highest BCUT2D eigenvalue weighted by Crippen LogP contribution is 2.13. The smallest absolute Gasteiger partial charge is 0.371 e. The maximum absolute atomic E-state index is 11.6. The van der Waals surface area contributed by atoms with Gasteiger partial charge in [0.2, 0.25) is 5.76 Å². The van der Waals surface area contributed by atoms with E-state index in [-0.39, 0.29) is 28.8 Å². The van der Waals surface area contributed by atoms with Gasteiger partial charge in [-0.05, 0) is 18.6 Å². The number of sulfone groups is 1. The van der Waals surface area contributed by atoms with Crippen LogP contribution in [0, 0.1) is 0 Å². The molecular formula is C9H12O6S2. The van der Waals surface area contributed by atoms with Crippen LogP contribution in [0.1, 0.15) is 17.0 Å². The molecule has 0 aromatic carbocycles. The van der Waals surface area contributed by atoms with E-state index in [4.69, 9.17) is 9.52 Å². The SMILES string of the molecule is CS(=O)(=O)CCCS(=O)c1ccc(C(=O)O)o1. The summed E-state index contributed by atoms with van der Waals surface area (Å²) in [7, 11) is -4.58. The lowest BCUT2D eigenvalue weighted by atomic mass is 10.5. The highest BCUT2D eigenvalue weighted by molar-refractivity contribution is 7.90. The predicted octanol–water partition coefficient (Wildman–Crippen LogP) is 0.520. The van der Waals surface area contributed by atoms with Crippen molar-refractivity contribution in [3.63, 3.8) is 0 Å². The second kappa shape index (κ2) is 5.46. The van der Waals surface area contributed by atoms with Gasteiger partial charge in [-0.2, -0.15) is 0 Å². The molecule has 8 heteroatoms. The third kappa shape index (κ3) is 4.70. The fourth-order valence-electron chi connectivity index (χ4n) is 1.11. The molecule has 0 aliphatic carbocycles. The van der Waals surface area contributed by atoms with Gasteiger partial charge < -0.3 is 9.52 Å². The molecule has 0 amide bonds. The summed E-state index contributed by atoms with van der Waals surface area (Å²) in [6.07, 6.45) is 1.35. The minimum absolute atomic E-state index is 0.0504. The first kappa shape index (κ1) is 13.9. The summed E-state index contributed by atoms with van der Waals surface area (Å²) in [5.74, 6) is -1.44. The third-order valence-corrected chi connectivity index (χ3v) is 4.22. The fourth-order valence-corrected chi connectivity index (χ4v) is 2.97. The summed E-state index contributed by atoms with van der Waals surface area (Å²) in [5.41, 5.74) is 0. The lowest BCUT2D eigenvalue weighted by molar-refractivity contribution is 0.0656. The number of hydrogen-bond acceptors (Lipinski definition) is 5. The van der Waals surface area contributed by atoms with Gasteiger partial charge in [0.15, 0.2) is 5.09 Å². The molecule has 1 aromatic heterocycles. The number of carbonyl (C=O) groups is 1. The van der Waals surface area contributed by atoms with Crippen LogP contribution in [0.4, 0.5) is 0 Å². The Morgan fingerprint density at radius 2 is 2.12 bits per heavy atom. The average molecular weight is 280 g/mol. The molecule has 0 saturated heterocycles. The van der Waals surface area contributed by atoms with Crippen LogP contribution in [0.2, 0.25) is 0 Å². The normalized spacial score (nSPS) is 13.5. The number of furan rings is 1. The molecule has 0 bridgehead atoms. The molecule has 1 aromatic rings. The van der Waals surface area contributed by atoms with Crippen LogP contribution in [0.5, 0.6) is 0 Å². The third-order valence-electron chi connectivity index (χ3n) is 1.86. The first-order valence-electron chi connectivity index (χ1n) is 4.69. The Kier molecular flexibility index (Phi) is 4.47. The maximum Gasteiger partial charge on any atom is 0.371 e. The Morgan fingerprint density at radius 3 is 2.59 bits per heavy atom. The highest BCUT2D eigenvalue weighted by atomic mass is 32.2. The number of carboxylic acids is 1. The quantitative estimate of drug-likeness (QED) is 0.815. The molecule has 1 rings (SSSR count). The van der Waals surface area contributed by atoms with E-state index in [1.807, 2.05) is 0 Å². The number of rotatable bonds is 6. The van der Waals surface area contributed by atoms with Gasteiger partial charge in [-0.3, -0.25) is 4.21 Å². The first-order valence-corrected chi connectivity index (χ1v) is 8.07. The molecule has 1 atom stereocenters. The molecule has 0 spiro atoms. The van der Waals surface area contributed by atoms with E-state index in [9.17, 15) is 17.4 Å². The van der Waals surface area contributed by atoms with Crippen molar-refractivity contribution in [2.45, 2.75) is 11.5 Å². The van der Waals surface area contributed by atoms with Crippen LogP contribution in [-0.4, -0.2) is 41.5 Å². The van der Waals surface area contributed by atoms with Gasteiger partial charge in [-0.25, -0.2) is 13.2 Å². The lowest BCUT2D eigenvalue weighted by Crippen LogP contribution is -2.07. The van der Waals surface area contributed by atoms with Gasteiger partial charge in [-0.15, -0.1) is 0 Å². The van der Waals surface area contributed by atoms with Crippen molar-refractivity contribution in [1.82, 2.24) is 0 Å². The minimum atomic E-state index is -3.07. The van der Waals surface area contributed by atoms with Crippen LogP contribution in [0.3, 0.4) is 0 Å². The molecule has 1 N–H and O–H groups in total. The molecule has 1 unspecified atom stereocenters. The van der Waals surface area contributed by atoms with Crippen LogP contribution in [0.15, 0.2) is 21.6 Å². The Hall–Kier alpha value is -1.15. The van der Waals surface area contributed by atoms with Crippen LogP contribution in [0.25, 0.3) is 0 Å². The fraction of sp³-hybridized carbons (Fsp3) is 0.444. The number of carboxylic acid groups (broad SMARTS) is 1. The molecule has 0 aliphatic heterocycles. The van der Waals surface area contributed by atoms with Crippen molar-refractivity contribution in [3.05, 3.63) is 17.9 Å². The van der Waals surface area contributed by atoms with Gasteiger partial charge in [0.25, 0.3) is 0 Å². The van der Waals surface area contributed by atoms with Crippen LogP contribution >= 0.6 is 0 Å². The molecule has 1 heterocycles. The van der Waals surface area contributed by atoms with Crippen molar-refractivity contribution in [2.24, 2.45) is 0 Å². The van der Waals surface area contributed by atoms with Gasteiger partial charge in [0.05, 0.1) is 16.6 Å². The zero-order chi connectivity index (χ0) is 13.1. The van der Waals surface area contributed by atoms with Crippen molar-refractivity contribution in [3.8, 4) is 0 Å². The van der Waals surface area contributed by atoms with E-state index < -0.39 is 26.6 Å². The van der Waals surface area contributed by atoms with E-state index in [0.29, 0.717) is 0 Å². The average Bonchev–Trinajstić information content (AvgIpc) is 2.63. The van der Waals surface area contributed by atoms with Gasteiger partial charge in [0, 0.05) is 12.0 Å². The second-order valence-electron chi connectivity index (χ2n) is 3.46. The van der Waals surface area contributed by atoms with Crippen molar-refractivity contribution in [2.75, 3.05) is 17.8 Å². The van der Waals surface area contributed by atoms with Gasteiger partial charge in [0.1, 0.15) is 9.84 Å². The lowest BCUT2D eigenvalue weighted by Gasteiger charge is -1.98. The van der Waals surface area contributed by atoms with Crippen LogP contribution < -0.4 is 0 Å². The zero-order valence-corrected chi connectivity index (χ0v) is 10.7. The Morgan fingerprint density at radius 1 is 1.47 bits per heavy atom. The summed E-state index contributed by atoms with van der Waals surface area (Å²) in [6.45, 7) is 0. The molecule has 0 saturated carbocycles. The second-order valence-corrected chi connectivity index (χ2v) is 7.22. The van der Waals surface area contributed by atoms with Gasteiger partial charge >= 0.3 is 5.97 Å². The highest BCUT2D eigenvalue weighted by Gasteiger charge is 2.14. The number of hydrogen-bond donors (Lipinski definition) is 1. The predicted molar refractivity (Wildman–Crippen MR) is 61.3 cm³/mol. The molecular weight excluding hydrogens is 268 g/mol. The van der Waals surface area contributed by atoms with Crippen molar-refractivity contribution in [1.29, 1.82) is 0 Å². The van der Waals surface area contributed by atoms with E-state index in [1.165, 1.54) is 12.1 Å². The van der Waals surface area contributed by atoms with Crippen molar-refractivity contribution >= 4 is 26.6 Å². The molecule has 0 fully saturated rings. The largest absolute Gasteiger partial charge is 0.475 e. The van der Waals surface area contributed by atoms with E-state index in [2.05, 4.69) is 0 Å². The first-order chi connectivity index (χ1) is 7.79. The standard InChI is InChI=1S/C9H12O6S2/c1-17(13,14)6-2-5-16(12)8-4-3-7(15-8)9(10)11/h3-4H,2,5-6H2,1H3,(H,10,11). The topological polar surface area (TPSA) is 102 Å². The van der Waals surface area contributed by atoms with Gasteiger partial charge in [-0.1, -0.05) is 0 Å². The Balaban J connectivity index is 2.55. The summed E-state index contributed by atoms with van der Waals surface area (Å²) < 4.78 is 38.1. The molecule has 6 nitrogen and oxygen atoms in total. The van der Waals surface area contributed by atoms with E-state index >= 15 is 0 Å². The van der Waals surface area contributed by atoms with Crippen LogP contribution in [-0.2, 0) is 20.6 Å². The summed E-state index contributed by atoms with van der Waals surface area (Å²) in [4.78, 5) is 10.5. The monoisotopic (exact) mass is 280 g/mol. The molecule has 96 valence electrons. The van der Waals surface area contributed by atoms with E-state index in [1.54, 1.807) is 0 Å². The minimum Gasteiger partial charge on any atom is -0.475 e. The molecule has 0 aliphatic rings. The van der Waals surface area contributed by atoms with E-state index in [0.717, 1.165) is 6.26 Å². The maximum atomic E-state index is 11.6. The Labute approximate surface area is 101 Å².